The molecule has 2 aliphatic rings. The third kappa shape index (κ3) is 2.80. The lowest BCUT2D eigenvalue weighted by molar-refractivity contribution is 0.0627. The van der Waals surface area contributed by atoms with Gasteiger partial charge in [-0.3, -0.25) is 9.69 Å². The molecule has 1 aromatic rings. The standard InChI is InChI=1S/C16H23N3O/c1-17(2)14-5-3-13(4-6-14)16(20)19-11-9-18(10-12-19)15-7-8-15/h3-6,15H,7-12H2,1-2H3. The molecule has 1 aromatic carbocycles. The molecule has 0 spiro atoms. The van der Waals surface area contributed by atoms with Crippen molar-refractivity contribution in [2.45, 2.75) is 18.9 Å². The third-order valence-electron chi connectivity index (χ3n) is 4.30. The van der Waals surface area contributed by atoms with Gasteiger partial charge in [-0.15, -0.1) is 0 Å². The molecule has 0 unspecified atom stereocenters. The second-order valence-corrected chi connectivity index (χ2v) is 6.00. The lowest BCUT2D eigenvalue weighted by atomic mass is 10.1. The molecule has 3 rings (SSSR count). The van der Waals surface area contributed by atoms with Crippen LogP contribution in [-0.2, 0) is 0 Å². The normalized spacial score (nSPS) is 20.0. The maximum absolute atomic E-state index is 12.5. The number of anilines is 1. The zero-order valence-corrected chi connectivity index (χ0v) is 12.4. The molecule has 1 heterocycles. The highest BCUT2D eigenvalue weighted by Gasteiger charge is 2.32. The molecule has 0 bridgehead atoms. The van der Waals surface area contributed by atoms with Crippen LogP contribution in [0.4, 0.5) is 5.69 Å². The van der Waals surface area contributed by atoms with E-state index in [0.717, 1.165) is 43.5 Å². The highest BCUT2D eigenvalue weighted by Crippen LogP contribution is 2.27. The summed E-state index contributed by atoms with van der Waals surface area (Å²) in [7, 11) is 4.02. The Kier molecular flexibility index (Phi) is 3.66. The fourth-order valence-electron chi connectivity index (χ4n) is 2.81. The van der Waals surface area contributed by atoms with Gasteiger partial charge in [0.1, 0.15) is 0 Å². The summed E-state index contributed by atoms with van der Waals surface area (Å²) >= 11 is 0. The minimum atomic E-state index is 0.172. The Hall–Kier alpha value is -1.55. The Balaban J connectivity index is 1.60. The first-order chi connectivity index (χ1) is 9.65. The summed E-state index contributed by atoms with van der Waals surface area (Å²) in [5.74, 6) is 0.172. The zero-order chi connectivity index (χ0) is 14.1. The summed E-state index contributed by atoms with van der Waals surface area (Å²) in [6.45, 7) is 3.80. The van der Waals surface area contributed by atoms with E-state index in [-0.39, 0.29) is 5.91 Å². The first kappa shape index (κ1) is 13.4. The van der Waals surface area contributed by atoms with E-state index in [1.807, 2.05) is 48.2 Å². The van der Waals surface area contributed by atoms with Crippen LogP contribution in [0.25, 0.3) is 0 Å². The van der Waals surface area contributed by atoms with Crippen LogP contribution in [0.3, 0.4) is 0 Å². The van der Waals surface area contributed by atoms with Crippen LogP contribution in [0, 0.1) is 0 Å². The van der Waals surface area contributed by atoms with Gasteiger partial charge in [0.05, 0.1) is 0 Å². The van der Waals surface area contributed by atoms with E-state index in [2.05, 4.69) is 4.90 Å². The van der Waals surface area contributed by atoms with Crippen molar-refractivity contribution in [3.8, 4) is 0 Å². The molecular formula is C16H23N3O. The van der Waals surface area contributed by atoms with E-state index in [1.54, 1.807) is 0 Å². The number of hydrogen-bond donors (Lipinski definition) is 0. The number of hydrogen-bond acceptors (Lipinski definition) is 3. The molecule has 1 amide bonds. The summed E-state index contributed by atoms with van der Waals surface area (Å²) in [4.78, 5) is 19.0. The van der Waals surface area contributed by atoms with Crippen molar-refractivity contribution in [2.75, 3.05) is 45.2 Å². The van der Waals surface area contributed by atoms with E-state index in [1.165, 1.54) is 12.8 Å². The van der Waals surface area contributed by atoms with Gasteiger partial charge in [-0.05, 0) is 37.1 Å². The van der Waals surface area contributed by atoms with Crippen molar-refractivity contribution in [1.29, 1.82) is 0 Å². The molecule has 1 saturated heterocycles. The lowest BCUT2D eigenvalue weighted by Crippen LogP contribution is -2.49. The number of rotatable bonds is 3. The first-order valence-electron chi connectivity index (χ1n) is 7.46. The molecule has 4 nitrogen and oxygen atoms in total. The summed E-state index contributed by atoms with van der Waals surface area (Å²) in [6, 6.07) is 8.70. The average molecular weight is 273 g/mol. The minimum absolute atomic E-state index is 0.172. The largest absolute Gasteiger partial charge is 0.378 e. The van der Waals surface area contributed by atoms with Gasteiger partial charge in [-0.2, -0.15) is 0 Å². The van der Waals surface area contributed by atoms with Crippen molar-refractivity contribution >= 4 is 11.6 Å². The summed E-state index contributed by atoms with van der Waals surface area (Å²) in [6.07, 6.45) is 2.69. The molecule has 20 heavy (non-hydrogen) atoms. The quantitative estimate of drug-likeness (QED) is 0.838. The van der Waals surface area contributed by atoms with Crippen LogP contribution in [-0.4, -0.2) is 62.0 Å². The van der Waals surface area contributed by atoms with Gasteiger partial charge in [0, 0.05) is 57.6 Å². The number of piperazine rings is 1. The van der Waals surface area contributed by atoms with E-state index < -0.39 is 0 Å². The molecular weight excluding hydrogens is 250 g/mol. The van der Waals surface area contributed by atoms with Crippen LogP contribution in [0.1, 0.15) is 23.2 Å². The fourth-order valence-corrected chi connectivity index (χ4v) is 2.81. The Morgan fingerprint density at radius 3 is 2.15 bits per heavy atom. The van der Waals surface area contributed by atoms with E-state index in [0.29, 0.717) is 0 Å². The van der Waals surface area contributed by atoms with Gasteiger partial charge >= 0.3 is 0 Å². The van der Waals surface area contributed by atoms with Crippen molar-refractivity contribution < 1.29 is 4.79 Å². The second kappa shape index (κ2) is 5.44. The van der Waals surface area contributed by atoms with Crippen molar-refractivity contribution in [1.82, 2.24) is 9.80 Å². The Morgan fingerprint density at radius 2 is 1.65 bits per heavy atom. The Labute approximate surface area is 121 Å². The predicted molar refractivity (Wildman–Crippen MR) is 81.3 cm³/mol. The molecule has 1 saturated carbocycles. The Morgan fingerprint density at radius 1 is 1.05 bits per heavy atom. The predicted octanol–water partition coefficient (Wildman–Crippen LogP) is 1.67. The molecule has 0 radical (unpaired) electrons. The minimum Gasteiger partial charge on any atom is -0.378 e. The average Bonchev–Trinajstić information content (AvgIpc) is 3.31. The van der Waals surface area contributed by atoms with Gasteiger partial charge in [0.2, 0.25) is 0 Å². The maximum Gasteiger partial charge on any atom is 0.253 e. The van der Waals surface area contributed by atoms with E-state index in [9.17, 15) is 4.79 Å². The van der Waals surface area contributed by atoms with E-state index >= 15 is 0 Å². The highest BCUT2D eigenvalue weighted by molar-refractivity contribution is 5.94. The summed E-state index contributed by atoms with van der Waals surface area (Å²) in [5.41, 5.74) is 1.93. The molecule has 0 N–H and O–H groups in total. The smallest absolute Gasteiger partial charge is 0.253 e. The number of nitrogens with zero attached hydrogens (tertiary/aromatic N) is 3. The molecule has 0 aromatic heterocycles. The van der Waals surface area contributed by atoms with Gasteiger partial charge in [0.15, 0.2) is 0 Å². The van der Waals surface area contributed by atoms with Gasteiger partial charge in [-0.1, -0.05) is 0 Å². The van der Waals surface area contributed by atoms with Crippen LogP contribution in [0.15, 0.2) is 24.3 Å². The molecule has 0 atom stereocenters. The number of carbonyl (C=O) groups excluding carboxylic acids is 1. The van der Waals surface area contributed by atoms with Gasteiger partial charge in [0.25, 0.3) is 5.91 Å². The van der Waals surface area contributed by atoms with Crippen molar-refractivity contribution in [3.05, 3.63) is 29.8 Å². The van der Waals surface area contributed by atoms with Gasteiger partial charge in [-0.25, -0.2) is 0 Å². The van der Waals surface area contributed by atoms with Crippen LogP contribution >= 0.6 is 0 Å². The molecule has 4 heteroatoms. The van der Waals surface area contributed by atoms with Crippen molar-refractivity contribution in [2.24, 2.45) is 0 Å². The van der Waals surface area contributed by atoms with Crippen LogP contribution in [0.5, 0.6) is 0 Å². The number of benzene rings is 1. The van der Waals surface area contributed by atoms with Crippen LogP contribution < -0.4 is 4.90 Å². The van der Waals surface area contributed by atoms with E-state index in [4.69, 9.17) is 0 Å². The molecule has 2 fully saturated rings. The number of carbonyl (C=O) groups is 1. The van der Waals surface area contributed by atoms with Crippen molar-refractivity contribution in [3.63, 3.8) is 0 Å². The van der Waals surface area contributed by atoms with Crippen LogP contribution in [0.2, 0.25) is 0 Å². The topological polar surface area (TPSA) is 26.8 Å². The van der Waals surface area contributed by atoms with Gasteiger partial charge < -0.3 is 9.80 Å². The monoisotopic (exact) mass is 273 g/mol. The zero-order valence-electron chi connectivity index (χ0n) is 12.4. The maximum atomic E-state index is 12.5. The molecule has 1 aliphatic heterocycles. The summed E-state index contributed by atoms with van der Waals surface area (Å²) in [5, 5.41) is 0. The highest BCUT2D eigenvalue weighted by atomic mass is 16.2. The molecule has 108 valence electrons. The summed E-state index contributed by atoms with van der Waals surface area (Å²) < 4.78 is 0. The number of amides is 1. The molecule has 1 aliphatic carbocycles. The second-order valence-electron chi connectivity index (χ2n) is 6.00. The fraction of sp³-hybridized carbons (Fsp3) is 0.562. The SMILES string of the molecule is CN(C)c1ccc(C(=O)N2CCN(C3CC3)CC2)cc1. The first-order valence-corrected chi connectivity index (χ1v) is 7.46. The Bertz CT molecular complexity index is 471. The lowest BCUT2D eigenvalue weighted by Gasteiger charge is -2.34. The third-order valence-corrected chi connectivity index (χ3v) is 4.30.